The molecule has 1 aromatic heterocycles. The molecule has 0 fully saturated rings. The topological polar surface area (TPSA) is 50.2 Å². The molecule has 2 aromatic carbocycles. The molecule has 3 rings (SSSR count). The summed E-state index contributed by atoms with van der Waals surface area (Å²) in [6.07, 6.45) is 2.40. The van der Waals surface area contributed by atoms with Crippen molar-refractivity contribution in [3.05, 3.63) is 77.9 Å². The second-order valence-electron chi connectivity index (χ2n) is 6.56. The molecule has 1 amide bonds. The van der Waals surface area contributed by atoms with Crippen LogP contribution in [0.5, 0.6) is 0 Å². The molecule has 0 radical (unpaired) electrons. The Labute approximate surface area is 164 Å². The summed E-state index contributed by atoms with van der Waals surface area (Å²) < 4.78 is 14.7. The quantitative estimate of drug-likeness (QED) is 0.602. The van der Waals surface area contributed by atoms with Gasteiger partial charge >= 0.3 is 0 Å². The summed E-state index contributed by atoms with van der Waals surface area (Å²) in [6, 6.07) is 16.3. The van der Waals surface area contributed by atoms with E-state index in [4.69, 9.17) is 0 Å². The zero-order valence-corrected chi connectivity index (χ0v) is 16.2. The molecule has 0 aliphatic carbocycles. The van der Waals surface area contributed by atoms with Gasteiger partial charge in [-0.3, -0.25) is 4.79 Å². The minimum atomic E-state index is -0.303. The van der Waals surface area contributed by atoms with Crippen LogP contribution in [0.1, 0.15) is 29.4 Å². The Morgan fingerprint density at radius 2 is 1.86 bits per heavy atom. The Bertz CT molecular complexity index is 906. The highest BCUT2D eigenvalue weighted by Gasteiger charge is 2.15. The van der Waals surface area contributed by atoms with Crippen LogP contribution >= 0.6 is 0 Å². The molecular formula is C22H25FN4O. The molecule has 1 heterocycles. The van der Waals surface area contributed by atoms with Crippen molar-refractivity contribution in [1.82, 2.24) is 15.1 Å². The summed E-state index contributed by atoms with van der Waals surface area (Å²) >= 11 is 0. The molecule has 1 N–H and O–H groups in total. The highest BCUT2D eigenvalue weighted by molar-refractivity contribution is 5.95. The number of amides is 1. The lowest BCUT2D eigenvalue weighted by molar-refractivity contribution is 0.0952. The number of nitrogens with zero attached hydrogens (tertiary/aromatic N) is 3. The first-order chi connectivity index (χ1) is 13.6. The van der Waals surface area contributed by atoms with E-state index in [-0.39, 0.29) is 11.7 Å². The van der Waals surface area contributed by atoms with Gasteiger partial charge in [0, 0.05) is 25.3 Å². The zero-order valence-electron chi connectivity index (χ0n) is 16.2. The first kappa shape index (κ1) is 19.6. The van der Waals surface area contributed by atoms with Gasteiger partial charge in [0.1, 0.15) is 5.82 Å². The van der Waals surface area contributed by atoms with E-state index in [1.165, 1.54) is 17.8 Å². The van der Waals surface area contributed by atoms with Crippen molar-refractivity contribution in [3.8, 4) is 5.69 Å². The fourth-order valence-electron chi connectivity index (χ4n) is 3.15. The van der Waals surface area contributed by atoms with E-state index in [9.17, 15) is 9.18 Å². The highest BCUT2D eigenvalue weighted by Crippen LogP contribution is 2.15. The third-order valence-electron chi connectivity index (χ3n) is 4.72. The van der Waals surface area contributed by atoms with Crippen LogP contribution in [0, 0.1) is 12.7 Å². The van der Waals surface area contributed by atoms with E-state index in [1.807, 2.05) is 25.1 Å². The monoisotopic (exact) mass is 380 g/mol. The second kappa shape index (κ2) is 9.17. The van der Waals surface area contributed by atoms with Crippen LogP contribution in [0.15, 0.2) is 60.8 Å². The summed E-state index contributed by atoms with van der Waals surface area (Å²) in [6.45, 7) is 6.33. The molecule has 0 bridgehead atoms. The molecule has 0 unspecified atom stereocenters. The van der Waals surface area contributed by atoms with Crippen LogP contribution in [-0.4, -0.2) is 35.3 Å². The van der Waals surface area contributed by atoms with Gasteiger partial charge in [0.25, 0.3) is 5.91 Å². The minimum Gasteiger partial charge on any atom is -0.372 e. The largest absolute Gasteiger partial charge is 0.372 e. The molecule has 28 heavy (non-hydrogen) atoms. The smallest absolute Gasteiger partial charge is 0.254 e. The maximum Gasteiger partial charge on any atom is 0.254 e. The maximum atomic E-state index is 13.1. The van der Waals surface area contributed by atoms with Gasteiger partial charge in [0.15, 0.2) is 0 Å². The van der Waals surface area contributed by atoms with Crippen molar-refractivity contribution in [2.75, 3.05) is 24.5 Å². The lowest BCUT2D eigenvalue weighted by atomic mass is 10.2. The zero-order chi connectivity index (χ0) is 19.9. The Morgan fingerprint density at radius 1 is 1.14 bits per heavy atom. The van der Waals surface area contributed by atoms with Crippen molar-refractivity contribution in [3.63, 3.8) is 0 Å². The second-order valence-corrected chi connectivity index (χ2v) is 6.56. The molecule has 6 heteroatoms. The third kappa shape index (κ3) is 4.57. The number of carbonyl (C=O) groups is 1. The molecule has 0 saturated carbocycles. The number of anilines is 1. The van der Waals surface area contributed by atoms with Crippen molar-refractivity contribution < 1.29 is 9.18 Å². The molecule has 0 spiro atoms. The summed E-state index contributed by atoms with van der Waals surface area (Å²) in [5.41, 5.74) is 3.16. The molecule has 0 aliphatic rings. The standard InChI is InChI=1S/C22H25FN4O/c1-3-26(19-8-5-4-6-9-19)15-7-14-24-22(28)21-16-25-27(17(21)2)20-12-10-18(23)11-13-20/h4-6,8-13,16H,3,7,14-15H2,1-2H3,(H,24,28). The van der Waals surface area contributed by atoms with Gasteiger partial charge in [-0.15, -0.1) is 0 Å². The summed E-state index contributed by atoms with van der Waals surface area (Å²) in [5.74, 6) is -0.447. The minimum absolute atomic E-state index is 0.145. The lowest BCUT2D eigenvalue weighted by Crippen LogP contribution is -2.30. The molecule has 3 aromatic rings. The molecular weight excluding hydrogens is 355 g/mol. The Hall–Kier alpha value is -3.15. The number of nitrogens with one attached hydrogen (secondary N) is 1. The Balaban J connectivity index is 1.55. The van der Waals surface area contributed by atoms with E-state index in [1.54, 1.807) is 23.0 Å². The van der Waals surface area contributed by atoms with Gasteiger partial charge in [-0.2, -0.15) is 5.10 Å². The van der Waals surface area contributed by atoms with Crippen LogP contribution in [0.4, 0.5) is 10.1 Å². The predicted molar refractivity (Wildman–Crippen MR) is 110 cm³/mol. The SMILES string of the molecule is CCN(CCCNC(=O)c1cnn(-c2ccc(F)cc2)c1C)c1ccccc1. The predicted octanol–water partition coefficient (Wildman–Crippen LogP) is 3.97. The fourth-order valence-corrected chi connectivity index (χ4v) is 3.15. The Morgan fingerprint density at radius 3 is 2.54 bits per heavy atom. The first-order valence-electron chi connectivity index (χ1n) is 9.49. The van der Waals surface area contributed by atoms with Crippen LogP contribution in [0.25, 0.3) is 5.69 Å². The average molecular weight is 380 g/mol. The van der Waals surface area contributed by atoms with E-state index < -0.39 is 0 Å². The highest BCUT2D eigenvalue weighted by atomic mass is 19.1. The van der Waals surface area contributed by atoms with Crippen LogP contribution in [0.3, 0.4) is 0 Å². The van der Waals surface area contributed by atoms with E-state index in [0.29, 0.717) is 12.1 Å². The number of rotatable bonds is 8. The molecule has 0 aliphatic heterocycles. The van der Waals surface area contributed by atoms with Crippen molar-refractivity contribution >= 4 is 11.6 Å². The summed E-state index contributed by atoms with van der Waals surface area (Å²) in [5, 5.41) is 7.24. The number of hydrogen-bond acceptors (Lipinski definition) is 3. The third-order valence-corrected chi connectivity index (χ3v) is 4.72. The van der Waals surface area contributed by atoms with E-state index in [0.717, 1.165) is 30.9 Å². The van der Waals surface area contributed by atoms with Gasteiger partial charge in [0.05, 0.1) is 23.1 Å². The van der Waals surface area contributed by atoms with Crippen LogP contribution in [-0.2, 0) is 0 Å². The van der Waals surface area contributed by atoms with E-state index in [2.05, 4.69) is 34.4 Å². The summed E-state index contributed by atoms with van der Waals surface area (Å²) in [4.78, 5) is 14.8. The molecule has 0 saturated heterocycles. The van der Waals surface area contributed by atoms with Gasteiger partial charge in [-0.05, 0) is 56.7 Å². The number of carbonyl (C=O) groups excluding carboxylic acids is 1. The molecule has 146 valence electrons. The van der Waals surface area contributed by atoms with Gasteiger partial charge in [-0.1, -0.05) is 18.2 Å². The van der Waals surface area contributed by atoms with Crippen molar-refractivity contribution in [2.45, 2.75) is 20.3 Å². The fraction of sp³-hybridized carbons (Fsp3) is 0.273. The van der Waals surface area contributed by atoms with Crippen LogP contribution in [0.2, 0.25) is 0 Å². The molecule has 0 atom stereocenters. The number of halogens is 1. The van der Waals surface area contributed by atoms with Crippen LogP contribution < -0.4 is 10.2 Å². The number of para-hydroxylation sites is 1. The maximum absolute atomic E-state index is 13.1. The summed E-state index contributed by atoms with van der Waals surface area (Å²) in [7, 11) is 0. The van der Waals surface area contributed by atoms with Gasteiger partial charge in [-0.25, -0.2) is 9.07 Å². The molecule has 5 nitrogen and oxygen atoms in total. The Kier molecular flexibility index (Phi) is 6.42. The van der Waals surface area contributed by atoms with E-state index >= 15 is 0 Å². The normalized spacial score (nSPS) is 10.7. The number of hydrogen-bond donors (Lipinski definition) is 1. The number of aromatic nitrogens is 2. The van der Waals surface area contributed by atoms with Gasteiger partial charge < -0.3 is 10.2 Å². The lowest BCUT2D eigenvalue weighted by Gasteiger charge is -2.23. The van der Waals surface area contributed by atoms with Gasteiger partial charge in [0.2, 0.25) is 0 Å². The van der Waals surface area contributed by atoms with Crippen molar-refractivity contribution in [2.24, 2.45) is 0 Å². The average Bonchev–Trinajstić information content (AvgIpc) is 3.10. The van der Waals surface area contributed by atoms with Crippen molar-refractivity contribution in [1.29, 1.82) is 0 Å². The number of benzene rings is 2. The first-order valence-corrected chi connectivity index (χ1v) is 9.49.